The second-order valence-electron chi connectivity index (χ2n) is 4.42. The second kappa shape index (κ2) is 4.06. The van der Waals surface area contributed by atoms with E-state index in [9.17, 15) is 0 Å². The molecule has 1 aliphatic rings. The Balaban J connectivity index is 2.05. The fraction of sp³-hybridized carbons (Fsp3) is 0.286. The van der Waals surface area contributed by atoms with Gasteiger partial charge in [0.05, 0.1) is 23.9 Å². The average Bonchev–Trinajstić information content (AvgIpc) is 3.13. The van der Waals surface area contributed by atoms with E-state index in [0.29, 0.717) is 12.3 Å². The summed E-state index contributed by atoms with van der Waals surface area (Å²) in [6.45, 7) is 0. The van der Waals surface area contributed by atoms with E-state index in [1.54, 1.807) is 0 Å². The van der Waals surface area contributed by atoms with Gasteiger partial charge in [0.15, 0.2) is 0 Å². The molecule has 0 saturated heterocycles. The molecule has 17 heavy (non-hydrogen) atoms. The topological polar surface area (TPSA) is 41.6 Å². The van der Waals surface area contributed by atoms with Crippen LogP contribution in [0, 0.1) is 11.3 Å². The number of aromatic nitrogens is 2. The van der Waals surface area contributed by atoms with E-state index in [2.05, 4.69) is 29.4 Å². The van der Waals surface area contributed by atoms with Crippen LogP contribution in [0.1, 0.15) is 30.1 Å². The van der Waals surface area contributed by atoms with Crippen LogP contribution in [-0.2, 0) is 6.42 Å². The Morgan fingerprint density at radius 2 is 2.06 bits per heavy atom. The zero-order valence-electron chi connectivity index (χ0n) is 9.50. The van der Waals surface area contributed by atoms with Gasteiger partial charge in [-0.1, -0.05) is 18.2 Å². The minimum atomic E-state index is 0.388. The van der Waals surface area contributed by atoms with Crippen molar-refractivity contribution < 1.29 is 0 Å². The van der Waals surface area contributed by atoms with Gasteiger partial charge in [-0.25, -0.2) is 4.68 Å². The van der Waals surface area contributed by atoms with Gasteiger partial charge in [-0.15, -0.1) is 0 Å². The number of nitrogens with zero attached hydrogens (tertiary/aromatic N) is 3. The summed E-state index contributed by atoms with van der Waals surface area (Å²) in [6, 6.07) is 14.4. The summed E-state index contributed by atoms with van der Waals surface area (Å²) in [5.74, 6) is 0.634. The van der Waals surface area contributed by atoms with Crippen molar-refractivity contribution in [2.45, 2.75) is 25.2 Å². The zero-order chi connectivity index (χ0) is 11.7. The fourth-order valence-corrected chi connectivity index (χ4v) is 2.06. The van der Waals surface area contributed by atoms with Crippen molar-refractivity contribution in [3.8, 4) is 11.8 Å². The number of nitriles is 1. The summed E-state index contributed by atoms with van der Waals surface area (Å²) in [5, 5.41) is 13.3. The third kappa shape index (κ3) is 1.94. The molecule has 0 amide bonds. The minimum Gasteiger partial charge on any atom is -0.237 e. The summed E-state index contributed by atoms with van der Waals surface area (Å²) in [7, 11) is 0. The summed E-state index contributed by atoms with van der Waals surface area (Å²) in [5.41, 5.74) is 3.21. The van der Waals surface area contributed by atoms with Gasteiger partial charge >= 0.3 is 0 Å². The van der Waals surface area contributed by atoms with E-state index in [4.69, 9.17) is 5.26 Å². The highest BCUT2D eigenvalue weighted by Gasteiger charge is 2.28. The van der Waals surface area contributed by atoms with Crippen LogP contribution in [0.4, 0.5) is 0 Å². The maximum atomic E-state index is 8.75. The number of rotatable bonds is 3. The minimum absolute atomic E-state index is 0.388. The van der Waals surface area contributed by atoms with Gasteiger partial charge in [0.2, 0.25) is 0 Å². The monoisotopic (exact) mass is 223 g/mol. The number of hydrogen-bond acceptors (Lipinski definition) is 2. The number of benzene rings is 1. The molecule has 0 unspecified atom stereocenters. The molecule has 84 valence electrons. The molecule has 3 rings (SSSR count). The van der Waals surface area contributed by atoms with E-state index >= 15 is 0 Å². The SMILES string of the molecule is N#CCc1cc(C2CC2)n(-c2ccccc2)n1. The van der Waals surface area contributed by atoms with Crippen LogP contribution in [-0.4, -0.2) is 9.78 Å². The maximum Gasteiger partial charge on any atom is 0.0793 e. The molecule has 0 radical (unpaired) electrons. The third-order valence-electron chi connectivity index (χ3n) is 3.04. The lowest BCUT2D eigenvalue weighted by atomic mass is 10.2. The predicted octanol–water partition coefficient (Wildman–Crippen LogP) is 2.82. The van der Waals surface area contributed by atoms with Crippen molar-refractivity contribution in [1.82, 2.24) is 9.78 Å². The third-order valence-corrected chi connectivity index (χ3v) is 3.04. The van der Waals surface area contributed by atoms with Gasteiger partial charge in [-0.2, -0.15) is 10.4 Å². The van der Waals surface area contributed by atoms with Crippen molar-refractivity contribution >= 4 is 0 Å². The Kier molecular flexibility index (Phi) is 2.41. The average molecular weight is 223 g/mol. The first-order chi connectivity index (χ1) is 8.38. The molecule has 0 N–H and O–H groups in total. The summed E-state index contributed by atoms with van der Waals surface area (Å²) < 4.78 is 1.99. The Morgan fingerprint density at radius 1 is 1.29 bits per heavy atom. The van der Waals surface area contributed by atoms with Gasteiger partial charge in [0.1, 0.15) is 0 Å². The molecule has 1 aliphatic carbocycles. The lowest BCUT2D eigenvalue weighted by Crippen LogP contribution is -2.01. The smallest absolute Gasteiger partial charge is 0.0793 e. The van der Waals surface area contributed by atoms with Crippen LogP contribution >= 0.6 is 0 Å². The molecule has 3 heteroatoms. The molecule has 0 atom stereocenters. The highest BCUT2D eigenvalue weighted by atomic mass is 15.3. The predicted molar refractivity (Wildman–Crippen MR) is 64.9 cm³/mol. The first-order valence-electron chi connectivity index (χ1n) is 5.89. The zero-order valence-corrected chi connectivity index (χ0v) is 9.50. The maximum absolute atomic E-state index is 8.75. The molecular weight excluding hydrogens is 210 g/mol. The molecule has 3 nitrogen and oxygen atoms in total. The summed E-state index contributed by atoms with van der Waals surface area (Å²) in [6.07, 6.45) is 2.87. The van der Waals surface area contributed by atoms with Gasteiger partial charge in [0.25, 0.3) is 0 Å². The first kappa shape index (κ1) is 10.1. The van der Waals surface area contributed by atoms with Crippen LogP contribution in [0.15, 0.2) is 36.4 Å². The van der Waals surface area contributed by atoms with Crippen molar-refractivity contribution in [2.24, 2.45) is 0 Å². The van der Waals surface area contributed by atoms with Crippen LogP contribution in [0.5, 0.6) is 0 Å². The van der Waals surface area contributed by atoms with Crippen molar-refractivity contribution in [1.29, 1.82) is 5.26 Å². The van der Waals surface area contributed by atoms with E-state index in [1.807, 2.05) is 22.9 Å². The van der Waals surface area contributed by atoms with E-state index in [0.717, 1.165) is 11.4 Å². The Hall–Kier alpha value is -2.08. The number of hydrogen-bond donors (Lipinski definition) is 0. The highest BCUT2D eigenvalue weighted by molar-refractivity contribution is 5.36. The van der Waals surface area contributed by atoms with Gasteiger partial charge in [-0.05, 0) is 31.0 Å². The molecule has 0 aliphatic heterocycles. The van der Waals surface area contributed by atoms with E-state index in [-0.39, 0.29) is 0 Å². The van der Waals surface area contributed by atoms with Gasteiger partial charge in [-0.3, -0.25) is 0 Å². The fourth-order valence-electron chi connectivity index (χ4n) is 2.06. The molecule has 1 heterocycles. The summed E-state index contributed by atoms with van der Waals surface area (Å²) >= 11 is 0. The molecule has 1 aromatic carbocycles. The van der Waals surface area contributed by atoms with Crippen LogP contribution in [0.2, 0.25) is 0 Å². The molecular formula is C14H13N3. The quantitative estimate of drug-likeness (QED) is 0.802. The van der Waals surface area contributed by atoms with Crippen LogP contribution in [0.25, 0.3) is 5.69 Å². The van der Waals surface area contributed by atoms with Crippen LogP contribution < -0.4 is 0 Å². The largest absolute Gasteiger partial charge is 0.237 e. The first-order valence-corrected chi connectivity index (χ1v) is 5.89. The van der Waals surface area contributed by atoms with Gasteiger partial charge in [0, 0.05) is 11.6 Å². The molecule has 2 aromatic rings. The van der Waals surface area contributed by atoms with Gasteiger partial charge < -0.3 is 0 Å². The highest BCUT2D eigenvalue weighted by Crippen LogP contribution is 2.41. The Bertz CT molecular complexity index is 559. The molecule has 1 saturated carbocycles. The van der Waals surface area contributed by atoms with Crippen molar-refractivity contribution in [2.75, 3.05) is 0 Å². The van der Waals surface area contributed by atoms with E-state index < -0.39 is 0 Å². The second-order valence-corrected chi connectivity index (χ2v) is 4.42. The molecule has 0 spiro atoms. The normalized spacial score (nSPS) is 14.5. The standard InChI is InChI=1S/C14H13N3/c15-9-8-12-10-14(11-6-7-11)17(16-12)13-4-2-1-3-5-13/h1-5,10-11H,6-8H2. The number of para-hydroxylation sites is 1. The lowest BCUT2D eigenvalue weighted by Gasteiger charge is -2.05. The van der Waals surface area contributed by atoms with Crippen molar-refractivity contribution in [3.63, 3.8) is 0 Å². The van der Waals surface area contributed by atoms with Crippen LogP contribution in [0.3, 0.4) is 0 Å². The molecule has 1 aromatic heterocycles. The summed E-state index contributed by atoms with van der Waals surface area (Å²) in [4.78, 5) is 0. The Morgan fingerprint density at radius 3 is 2.71 bits per heavy atom. The lowest BCUT2D eigenvalue weighted by molar-refractivity contribution is 0.795. The van der Waals surface area contributed by atoms with Crippen molar-refractivity contribution in [3.05, 3.63) is 47.8 Å². The van der Waals surface area contributed by atoms with E-state index in [1.165, 1.54) is 18.5 Å². The molecule has 0 bridgehead atoms. The Labute approximate surface area is 100 Å². The molecule has 1 fully saturated rings.